The molecule has 134 valence electrons. The van der Waals surface area contributed by atoms with Crippen LogP contribution in [-0.2, 0) is 14.6 Å². The normalized spacial score (nSPS) is 12.6. The van der Waals surface area contributed by atoms with Crippen LogP contribution < -0.4 is 4.74 Å². The molecule has 0 aliphatic heterocycles. The van der Waals surface area contributed by atoms with Crippen molar-refractivity contribution in [1.82, 2.24) is 0 Å². The van der Waals surface area contributed by atoms with Gasteiger partial charge in [0, 0.05) is 0 Å². The molecule has 0 heterocycles. The lowest BCUT2D eigenvalue weighted by Gasteiger charge is -2.15. The van der Waals surface area contributed by atoms with Gasteiger partial charge in [-0.1, -0.05) is 42.5 Å². The van der Waals surface area contributed by atoms with Crippen LogP contribution in [0.5, 0.6) is 5.75 Å². The summed E-state index contributed by atoms with van der Waals surface area (Å²) in [5, 5.41) is 9.93. The summed E-state index contributed by atoms with van der Waals surface area (Å²) < 4.78 is 35.3. The van der Waals surface area contributed by atoms with E-state index in [0.717, 1.165) is 5.56 Å². The summed E-state index contributed by atoms with van der Waals surface area (Å²) >= 11 is 0. The average Bonchev–Trinajstić information content (AvgIpc) is 2.59. The zero-order chi connectivity index (χ0) is 18.3. The molecule has 5 nitrogen and oxygen atoms in total. The summed E-state index contributed by atoms with van der Waals surface area (Å²) in [6.45, 7) is 5.85. The van der Waals surface area contributed by atoms with Gasteiger partial charge in [0.2, 0.25) is 0 Å². The Morgan fingerprint density at radius 3 is 2.36 bits per heavy atom. The van der Waals surface area contributed by atoms with Gasteiger partial charge >= 0.3 is 0 Å². The van der Waals surface area contributed by atoms with Gasteiger partial charge in [-0.25, -0.2) is 8.42 Å². The van der Waals surface area contributed by atoms with Crippen molar-refractivity contribution in [3.63, 3.8) is 0 Å². The quantitative estimate of drug-likeness (QED) is 0.422. The van der Waals surface area contributed by atoms with E-state index in [1.807, 2.05) is 37.3 Å². The fourth-order valence-corrected chi connectivity index (χ4v) is 3.45. The number of hydrogen-bond acceptors (Lipinski definition) is 5. The largest absolute Gasteiger partial charge is 0.491 e. The molecule has 0 radical (unpaired) electrons. The highest BCUT2D eigenvalue weighted by molar-refractivity contribution is 7.91. The van der Waals surface area contributed by atoms with Gasteiger partial charge in [-0.15, -0.1) is 0 Å². The molecular formula is C19H22O5S. The van der Waals surface area contributed by atoms with Gasteiger partial charge in [-0.3, -0.25) is 0 Å². The molecule has 0 saturated heterocycles. The summed E-state index contributed by atoms with van der Waals surface area (Å²) in [6, 6.07) is 15.7. The summed E-state index contributed by atoms with van der Waals surface area (Å²) in [5.74, 6) is 0.318. The van der Waals surface area contributed by atoms with Crippen molar-refractivity contribution in [3.05, 3.63) is 72.3 Å². The number of sulfone groups is 1. The molecule has 0 fully saturated rings. The highest BCUT2D eigenvalue weighted by Gasteiger charge is 2.20. The Morgan fingerprint density at radius 1 is 1.08 bits per heavy atom. The van der Waals surface area contributed by atoms with Gasteiger partial charge in [0.1, 0.15) is 12.4 Å². The van der Waals surface area contributed by atoms with Crippen molar-refractivity contribution in [2.45, 2.75) is 18.1 Å². The zero-order valence-electron chi connectivity index (χ0n) is 14.1. The molecule has 6 heteroatoms. The molecule has 1 unspecified atom stereocenters. The van der Waals surface area contributed by atoms with E-state index >= 15 is 0 Å². The highest BCUT2D eigenvalue weighted by atomic mass is 32.2. The molecule has 2 rings (SSSR count). The smallest absolute Gasteiger partial charge is 0.182 e. The van der Waals surface area contributed by atoms with Crippen molar-refractivity contribution in [3.8, 4) is 5.75 Å². The predicted octanol–water partition coefficient (Wildman–Crippen LogP) is 2.74. The van der Waals surface area contributed by atoms with Crippen molar-refractivity contribution in [2.24, 2.45) is 0 Å². The first-order valence-corrected chi connectivity index (χ1v) is 9.48. The van der Waals surface area contributed by atoms with Crippen molar-refractivity contribution < 1.29 is 23.0 Å². The Hall–Kier alpha value is -2.15. The van der Waals surface area contributed by atoms with Crippen LogP contribution in [0.15, 0.2) is 71.6 Å². The monoisotopic (exact) mass is 362 g/mol. The summed E-state index contributed by atoms with van der Waals surface area (Å²) in [6.07, 6.45) is -1.36. The lowest BCUT2D eigenvalue weighted by Crippen LogP contribution is -2.23. The third kappa shape index (κ3) is 6.01. The predicted molar refractivity (Wildman–Crippen MR) is 96.3 cm³/mol. The number of aliphatic hydroxyl groups excluding tert-OH is 1. The Bertz CT molecular complexity index is 782. The standard InChI is InChI=1S/C19H22O5S/c1-15-8-10-18(11-9-15)25(21,22)14-16(2)19(20)24-13-12-23-17-6-4-3-5-7-17/h3-11,19-20H,2,12-14H2,1H3. The molecule has 25 heavy (non-hydrogen) atoms. The number of hydrogen-bond donors (Lipinski definition) is 1. The van der Waals surface area contributed by atoms with Crippen LogP contribution in [0.25, 0.3) is 0 Å². The number of rotatable bonds is 9. The molecule has 1 N–H and O–H groups in total. The minimum Gasteiger partial charge on any atom is -0.491 e. The first kappa shape index (κ1) is 19.2. The van der Waals surface area contributed by atoms with Gasteiger partial charge in [0.15, 0.2) is 16.1 Å². The Morgan fingerprint density at radius 2 is 1.72 bits per heavy atom. The van der Waals surface area contributed by atoms with Crippen molar-refractivity contribution >= 4 is 9.84 Å². The second-order valence-corrected chi connectivity index (χ2v) is 7.60. The second kappa shape index (κ2) is 8.80. The molecule has 2 aromatic rings. The second-order valence-electron chi connectivity index (χ2n) is 5.62. The van der Waals surface area contributed by atoms with E-state index in [1.165, 1.54) is 0 Å². The van der Waals surface area contributed by atoms with Crippen LogP contribution in [0, 0.1) is 6.92 Å². The third-order valence-electron chi connectivity index (χ3n) is 3.48. The summed E-state index contributed by atoms with van der Waals surface area (Å²) in [7, 11) is -3.57. The van der Waals surface area contributed by atoms with E-state index in [4.69, 9.17) is 9.47 Å². The fourth-order valence-electron chi connectivity index (χ4n) is 2.10. The van der Waals surface area contributed by atoms with Gasteiger partial charge in [0.25, 0.3) is 0 Å². The maximum atomic E-state index is 12.3. The Labute approximate surface area is 148 Å². The lowest BCUT2D eigenvalue weighted by atomic mass is 10.2. The first-order chi connectivity index (χ1) is 11.9. The minimum atomic E-state index is -3.57. The Balaban J connectivity index is 1.80. The SMILES string of the molecule is C=C(CS(=O)(=O)c1ccc(C)cc1)C(O)OCCOc1ccccc1. The lowest BCUT2D eigenvalue weighted by molar-refractivity contribution is -0.0784. The number of aryl methyl sites for hydroxylation is 1. The fraction of sp³-hybridized carbons (Fsp3) is 0.263. The van der Waals surface area contributed by atoms with Crippen LogP contribution in [0.4, 0.5) is 0 Å². The minimum absolute atomic E-state index is 0.0836. The molecule has 0 aromatic heterocycles. The molecule has 0 saturated carbocycles. The molecule has 0 aliphatic carbocycles. The number of para-hydroxylation sites is 1. The van der Waals surface area contributed by atoms with E-state index in [9.17, 15) is 13.5 Å². The van der Waals surface area contributed by atoms with E-state index in [0.29, 0.717) is 5.75 Å². The van der Waals surface area contributed by atoms with Crippen LogP contribution in [0.1, 0.15) is 5.56 Å². The number of benzene rings is 2. The molecule has 2 aromatic carbocycles. The maximum Gasteiger partial charge on any atom is 0.182 e. The molecule has 0 spiro atoms. The van der Waals surface area contributed by atoms with Crippen LogP contribution in [0.2, 0.25) is 0 Å². The number of aliphatic hydroxyl groups is 1. The molecule has 1 atom stereocenters. The average molecular weight is 362 g/mol. The van der Waals surface area contributed by atoms with Crippen molar-refractivity contribution in [2.75, 3.05) is 19.0 Å². The maximum absolute atomic E-state index is 12.3. The van der Waals surface area contributed by atoms with E-state index < -0.39 is 16.1 Å². The Kier molecular flexibility index (Phi) is 6.75. The van der Waals surface area contributed by atoms with Gasteiger partial charge in [0.05, 0.1) is 17.3 Å². The molecule has 0 amide bonds. The van der Waals surface area contributed by atoms with E-state index in [1.54, 1.807) is 24.3 Å². The summed E-state index contributed by atoms with van der Waals surface area (Å²) in [5.41, 5.74) is 1.06. The van der Waals surface area contributed by atoms with Crippen LogP contribution >= 0.6 is 0 Å². The molecule has 0 bridgehead atoms. The first-order valence-electron chi connectivity index (χ1n) is 7.83. The molecule has 0 aliphatic rings. The third-order valence-corrected chi connectivity index (χ3v) is 5.22. The number of ether oxygens (including phenoxy) is 2. The topological polar surface area (TPSA) is 72.8 Å². The van der Waals surface area contributed by atoms with E-state index in [-0.39, 0.29) is 29.4 Å². The highest BCUT2D eigenvalue weighted by Crippen LogP contribution is 2.16. The zero-order valence-corrected chi connectivity index (χ0v) is 14.9. The van der Waals surface area contributed by atoms with Crippen LogP contribution in [-0.4, -0.2) is 38.8 Å². The van der Waals surface area contributed by atoms with E-state index in [2.05, 4.69) is 6.58 Å². The van der Waals surface area contributed by atoms with Crippen molar-refractivity contribution in [1.29, 1.82) is 0 Å². The summed E-state index contributed by atoms with van der Waals surface area (Å²) in [4.78, 5) is 0.193. The van der Waals surface area contributed by atoms with Gasteiger partial charge in [-0.2, -0.15) is 0 Å². The molecular weight excluding hydrogens is 340 g/mol. The van der Waals surface area contributed by atoms with Gasteiger partial charge < -0.3 is 14.6 Å². The van der Waals surface area contributed by atoms with Crippen LogP contribution in [0.3, 0.4) is 0 Å². The van der Waals surface area contributed by atoms with Gasteiger partial charge in [-0.05, 0) is 36.8 Å².